The third-order valence-electron chi connectivity index (χ3n) is 5.66. The third kappa shape index (κ3) is 2.72. The average molecular weight is 325 g/mol. The molecule has 128 valence electrons. The van der Waals surface area contributed by atoms with Gasteiger partial charge in [0, 0.05) is 25.4 Å². The average Bonchev–Trinajstić information content (AvgIpc) is 3.14. The van der Waals surface area contributed by atoms with Crippen LogP contribution in [0.25, 0.3) is 11.0 Å². The van der Waals surface area contributed by atoms with Gasteiger partial charge in [-0.25, -0.2) is 4.98 Å². The Bertz CT molecular complexity index is 736. The molecule has 2 aliphatic rings. The highest BCUT2D eigenvalue weighted by Gasteiger charge is 2.35. The Morgan fingerprint density at radius 2 is 1.92 bits per heavy atom. The normalized spacial score (nSPS) is 19.4. The Kier molecular flexibility index (Phi) is 4.07. The molecule has 4 nitrogen and oxygen atoms in total. The number of hydrogen-bond acceptors (Lipinski definition) is 2. The lowest BCUT2D eigenvalue weighted by atomic mass is 10.0. The molecule has 2 heterocycles. The van der Waals surface area contributed by atoms with Crippen LogP contribution in [0.15, 0.2) is 24.3 Å². The first-order valence-corrected chi connectivity index (χ1v) is 9.38. The smallest absolute Gasteiger partial charge is 0.222 e. The third-order valence-corrected chi connectivity index (χ3v) is 5.66. The maximum absolute atomic E-state index is 12.5. The lowest BCUT2D eigenvalue weighted by Gasteiger charge is -2.41. The van der Waals surface area contributed by atoms with E-state index in [0.29, 0.717) is 23.8 Å². The van der Waals surface area contributed by atoms with Crippen molar-refractivity contribution in [3.05, 3.63) is 30.1 Å². The van der Waals surface area contributed by atoms with E-state index in [1.807, 2.05) is 11.0 Å². The highest BCUT2D eigenvalue weighted by atomic mass is 16.2. The molecule has 4 rings (SSSR count). The highest BCUT2D eigenvalue weighted by molar-refractivity contribution is 5.79. The lowest BCUT2D eigenvalue weighted by Crippen LogP contribution is -2.51. The molecule has 0 atom stereocenters. The zero-order valence-electron chi connectivity index (χ0n) is 14.7. The number of likely N-dealkylation sites (tertiary alicyclic amines) is 1. The van der Waals surface area contributed by atoms with Gasteiger partial charge >= 0.3 is 0 Å². The van der Waals surface area contributed by atoms with Gasteiger partial charge in [0.2, 0.25) is 5.91 Å². The summed E-state index contributed by atoms with van der Waals surface area (Å²) in [6.45, 7) is 6.07. The number of amides is 1. The monoisotopic (exact) mass is 325 g/mol. The number of aromatic nitrogens is 2. The van der Waals surface area contributed by atoms with Crippen LogP contribution in [-0.4, -0.2) is 33.4 Å². The number of fused-ring (bicyclic) bond motifs is 1. The molecule has 1 aromatic carbocycles. The Labute approximate surface area is 143 Å². The first-order chi connectivity index (χ1) is 11.6. The summed E-state index contributed by atoms with van der Waals surface area (Å²) in [6.07, 6.45) is 5.85. The summed E-state index contributed by atoms with van der Waals surface area (Å²) in [5, 5.41) is 0. The van der Waals surface area contributed by atoms with Crippen molar-refractivity contribution in [3.63, 3.8) is 0 Å². The van der Waals surface area contributed by atoms with Crippen LogP contribution in [0.4, 0.5) is 0 Å². The van der Waals surface area contributed by atoms with E-state index >= 15 is 0 Å². The fourth-order valence-corrected chi connectivity index (χ4v) is 4.27. The minimum Gasteiger partial charge on any atom is -0.338 e. The molecular weight excluding hydrogens is 298 g/mol. The van der Waals surface area contributed by atoms with Crippen molar-refractivity contribution < 1.29 is 4.79 Å². The first-order valence-electron chi connectivity index (χ1n) is 9.38. The van der Waals surface area contributed by atoms with Crippen LogP contribution in [0.5, 0.6) is 0 Å². The van der Waals surface area contributed by atoms with Gasteiger partial charge in [0.15, 0.2) is 0 Å². The van der Waals surface area contributed by atoms with Crippen LogP contribution in [-0.2, 0) is 4.79 Å². The predicted octanol–water partition coefficient (Wildman–Crippen LogP) is 4.12. The number of para-hydroxylation sites is 2. The molecule has 2 aromatic rings. The molecule has 1 aliphatic heterocycles. The number of carbonyl (C=O) groups excluding carboxylic acids is 1. The van der Waals surface area contributed by atoms with E-state index in [1.165, 1.54) is 31.2 Å². The van der Waals surface area contributed by atoms with Gasteiger partial charge in [0.25, 0.3) is 0 Å². The molecule has 1 aliphatic carbocycles. The second-order valence-corrected chi connectivity index (χ2v) is 7.79. The zero-order chi connectivity index (χ0) is 16.7. The van der Waals surface area contributed by atoms with Crippen LogP contribution in [0.3, 0.4) is 0 Å². The van der Waals surface area contributed by atoms with E-state index in [1.54, 1.807) is 0 Å². The van der Waals surface area contributed by atoms with Crippen molar-refractivity contribution in [1.82, 2.24) is 14.5 Å². The molecule has 24 heavy (non-hydrogen) atoms. The second-order valence-electron chi connectivity index (χ2n) is 7.79. The molecule has 1 saturated heterocycles. The summed E-state index contributed by atoms with van der Waals surface area (Å²) >= 11 is 0. The van der Waals surface area contributed by atoms with Gasteiger partial charge in [0.05, 0.1) is 17.1 Å². The van der Waals surface area contributed by atoms with Crippen molar-refractivity contribution in [2.24, 2.45) is 5.92 Å². The van der Waals surface area contributed by atoms with E-state index < -0.39 is 0 Å². The quantitative estimate of drug-likeness (QED) is 0.848. The summed E-state index contributed by atoms with van der Waals surface area (Å²) in [5.41, 5.74) is 2.27. The summed E-state index contributed by atoms with van der Waals surface area (Å²) < 4.78 is 2.37. The second kappa shape index (κ2) is 6.23. The summed E-state index contributed by atoms with van der Waals surface area (Å²) in [4.78, 5) is 19.4. The first kappa shape index (κ1) is 15.7. The van der Waals surface area contributed by atoms with E-state index in [2.05, 4.69) is 36.6 Å². The Hall–Kier alpha value is -1.84. The molecule has 4 heteroatoms. The van der Waals surface area contributed by atoms with Crippen LogP contribution >= 0.6 is 0 Å². The number of benzene rings is 1. The van der Waals surface area contributed by atoms with E-state index in [0.717, 1.165) is 30.9 Å². The van der Waals surface area contributed by atoms with Gasteiger partial charge in [-0.1, -0.05) is 38.8 Å². The van der Waals surface area contributed by atoms with E-state index in [-0.39, 0.29) is 0 Å². The minimum atomic E-state index is 0.355. The molecule has 0 N–H and O–H groups in total. The van der Waals surface area contributed by atoms with Crippen molar-refractivity contribution in [2.45, 2.75) is 57.9 Å². The topological polar surface area (TPSA) is 38.1 Å². The van der Waals surface area contributed by atoms with Crippen LogP contribution in [0, 0.1) is 5.92 Å². The number of rotatable bonds is 4. The highest BCUT2D eigenvalue weighted by Crippen LogP contribution is 2.33. The molecule has 1 saturated carbocycles. The Balaban J connectivity index is 1.49. The van der Waals surface area contributed by atoms with Crippen LogP contribution in [0.2, 0.25) is 0 Å². The Morgan fingerprint density at radius 3 is 2.62 bits per heavy atom. The number of hydrogen-bond donors (Lipinski definition) is 0. The van der Waals surface area contributed by atoms with Gasteiger partial charge in [-0.05, 0) is 30.9 Å². The largest absolute Gasteiger partial charge is 0.338 e. The van der Waals surface area contributed by atoms with Crippen molar-refractivity contribution in [1.29, 1.82) is 0 Å². The maximum atomic E-state index is 12.5. The SMILES string of the molecule is CC(C)c1nc2ccccc2n1C1CN(C(=O)CC2CCCC2)C1. The van der Waals surface area contributed by atoms with Crippen LogP contribution < -0.4 is 0 Å². The van der Waals surface area contributed by atoms with Gasteiger partial charge in [-0.2, -0.15) is 0 Å². The number of imidazole rings is 1. The van der Waals surface area contributed by atoms with Crippen molar-refractivity contribution in [2.75, 3.05) is 13.1 Å². The van der Waals surface area contributed by atoms with Gasteiger partial charge in [0.1, 0.15) is 5.82 Å². The molecular formula is C20H27N3O. The summed E-state index contributed by atoms with van der Waals surface area (Å²) in [5.74, 6) is 2.52. The minimum absolute atomic E-state index is 0.355. The predicted molar refractivity (Wildman–Crippen MR) is 96.0 cm³/mol. The molecule has 0 unspecified atom stereocenters. The molecule has 0 bridgehead atoms. The zero-order valence-corrected chi connectivity index (χ0v) is 14.7. The van der Waals surface area contributed by atoms with Crippen molar-refractivity contribution in [3.8, 4) is 0 Å². The van der Waals surface area contributed by atoms with E-state index in [9.17, 15) is 4.79 Å². The summed E-state index contributed by atoms with van der Waals surface area (Å²) in [6, 6.07) is 8.73. The van der Waals surface area contributed by atoms with Gasteiger partial charge < -0.3 is 9.47 Å². The summed E-state index contributed by atoms with van der Waals surface area (Å²) in [7, 11) is 0. The maximum Gasteiger partial charge on any atom is 0.222 e. The van der Waals surface area contributed by atoms with E-state index in [4.69, 9.17) is 4.98 Å². The fourth-order valence-electron chi connectivity index (χ4n) is 4.27. The standard InChI is InChI=1S/C20H27N3O/c1-14(2)20-21-17-9-5-6-10-18(17)23(20)16-12-22(13-16)19(24)11-15-7-3-4-8-15/h5-6,9-10,14-16H,3-4,7-8,11-13H2,1-2H3. The fraction of sp³-hybridized carbons (Fsp3) is 0.600. The molecule has 0 radical (unpaired) electrons. The van der Waals surface area contributed by atoms with Crippen LogP contribution in [0.1, 0.15) is 63.7 Å². The number of carbonyl (C=O) groups is 1. The van der Waals surface area contributed by atoms with Gasteiger partial charge in [-0.15, -0.1) is 0 Å². The molecule has 2 fully saturated rings. The Morgan fingerprint density at radius 1 is 1.21 bits per heavy atom. The molecule has 1 aromatic heterocycles. The number of nitrogens with zero attached hydrogens (tertiary/aromatic N) is 3. The lowest BCUT2D eigenvalue weighted by molar-refractivity contribution is -0.137. The molecule has 0 spiro atoms. The molecule has 1 amide bonds. The van der Waals surface area contributed by atoms with Gasteiger partial charge in [-0.3, -0.25) is 4.79 Å². The van der Waals surface area contributed by atoms with Crippen molar-refractivity contribution >= 4 is 16.9 Å².